The molecule has 0 unspecified atom stereocenters. The van der Waals surface area contributed by atoms with Crippen LogP contribution in [0.15, 0.2) is 38.0 Å². The van der Waals surface area contributed by atoms with Crippen LogP contribution < -0.4 is 14.8 Å². The number of nitrogens with zero attached hydrogens (tertiary/aromatic N) is 2. The van der Waals surface area contributed by atoms with Gasteiger partial charge in [-0.25, -0.2) is 9.38 Å². The topological polar surface area (TPSA) is 43.6 Å². The number of fused-ring (bicyclic) bond motifs is 3. The van der Waals surface area contributed by atoms with Gasteiger partial charge < -0.3 is 4.74 Å². The number of aromatic nitrogens is 2. The number of halogens is 2. The summed E-state index contributed by atoms with van der Waals surface area (Å²) in [6.07, 6.45) is 7.11. The summed E-state index contributed by atoms with van der Waals surface area (Å²) in [5, 5.41) is 0. The van der Waals surface area contributed by atoms with Crippen LogP contribution >= 0.6 is 43.2 Å². The van der Waals surface area contributed by atoms with E-state index in [2.05, 4.69) is 42.8 Å². The van der Waals surface area contributed by atoms with Crippen molar-refractivity contribution < 1.29 is 4.74 Å². The van der Waals surface area contributed by atoms with Crippen LogP contribution in [0.2, 0.25) is 0 Å². The number of aryl methyl sites for hydroxylation is 2. The Bertz CT molecular complexity index is 1370. The number of imidazole rings is 1. The third-order valence-electron chi connectivity index (χ3n) is 4.47. The van der Waals surface area contributed by atoms with E-state index in [1.807, 2.05) is 44.2 Å². The van der Waals surface area contributed by atoms with Crippen LogP contribution in [0.1, 0.15) is 16.7 Å². The first kappa shape index (κ1) is 19.2. The fourth-order valence-electron chi connectivity index (χ4n) is 2.98. The molecule has 0 aliphatic carbocycles. The SMILES string of the molecule is C#CCOc1c(Br)cc(/C=c2\sc3nc4cc(C)c(C)cc4n3c2=O)cc1Br. The average Bonchev–Trinajstić information content (AvgIpc) is 3.11. The Morgan fingerprint density at radius 3 is 2.57 bits per heavy atom. The summed E-state index contributed by atoms with van der Waals surface area (Å²) in [5.74, 6) is 3.08. The van der Waals surface area contributed by atoms with Crippen molar-refractivity contribution in [1.82, 2.24) is 9.38 Å². The van der Waals surface area contributed by atoms with Gasteiger partial charge in [0.1, 0.15) is 12.4 Å². The van der Waals surface area contributed by atoms with E-state index in [9.17, 15) is 4.79 Å². The van der Waals surface area contributed by atoms with Crippen LogP contribution in [0.4, 0.5) is 0 Å². The van der Waals surface area contributed by atoms with Gasteiger partial charge in [0, 0.05) is 0 Å². The van der Waals surface area contributed by atoms with E-state index in [1.54, 1.807) is 4.40 Å². The first-order valence-electron chi connectivity index (χ1n) is 8.38. The van der Waals surface area contributed by atoms with E-state index >= 15 is 0 Å². The molecular formula is C21H14Br2N2O2S. The molecule has 0 spiro atoms. The van der Waals surface area contributed by atoms with Gasteiger partial charge in [-0.15, -0.1) is 6.42 Å². The van der Waals surface area contributed by atoms with Gasteiger partial charge in [-0.3, -0.25) is 4.79 Å². The maximum absolute atomic E-state index is 13.0. The molecule has 0 aliphatic heterocycles. The molecule has 4 nitrogen and oxygen atoms in total. The molecule has 0 saturated heterocycles. The van der Waals surface area contributed by atoms with Crippen LogP contribution in [0.3, 0.4) is 0 Å². The molecule has 4 aromatic rings. The molecule has 0 N–H and O–H groups in total. The predicted octanol–water partition coefficient (Wildman–Crippen LogP) is 4.61. The van der Waals surface area contributed by atoms with Gasteiger partial charge >= 0.3 is 0 Å². The number of benzene rings is 2. The lowest BCUT2D eigenvalue weighted by Crippen LogP contribution is -2.22. The Hall–Kier alpha value is -2.14. The third-order valence-corrected chi connectivity index (χ3v) is 6.62. The van der Waals surface area contributed by atoms with E-state index in [4.69, 9.17) is 11.2 Å². The molecule has 2 aromatic heterocycles. The molecule has 0 aliphatic rings. The smallest absolute Gasteiger partial charge is 0.274 e. The molecule has 0 saturated carbocycles. The van der Waals surface area contributed by atoms with Crippen molar-refractivity contribution in [2.24, 2.45) is 0 Å². The maximum atomic E-state index is 13.0. The number of terminal acetylenes is 1. The number of rotatable bonds is 3. The molecule has 7 heteroatoms. The van der Waals surface area contributed by atoms with Gasteiger partial charge in [-0.1, -0.05) is 17.3 Å². The summed E-state index contributed by atoms with van der Waals surface area (Å²) < 4.78 is 9.36. The van der Waals surface area contributed by atoms with E-state index in [0.29, 0.717) is 15.2 Å². The highest BCUT2D eigenvalue weighted by molar-refractivity contribution is 9.11. The summed E-state index contributed by atoms with van der Waals surface area (Å²) in [4.78, 5) is 18.3. The Balaban J connectivity index is 1.87. The van der Waals surface area contributed by atoms with Crippen molar-refractivity contribution >= 4 is 65.3 Å². The van der Waals surface area contributed by atoms with E-state index < -0.39 is 0 Å². The second kappa shape index (κ2) is 7.36. The number of hydrogen-bond donors (Lipinski definition) is 0. The first-order valence-corrected chi connectivity index (χ1v) is 10.8. The number of hydrogen-bond acceptors (Lipinski definition) is 4. The van der Waals surface area contributed by atoms with Crippen LogP contribution in [0.25, 0.3) is 22.1 Å². The largest absolute Gasteiger partial charge is 0.479 e. The quantitative estimate of drug-likeness (QED) is 0.373. The van der Waals surface area contributed by atoms with Crippen molar-refractivity contribution in [2.45, 2.75) is 13.8 Å². The van der Waals surface area contributed by atoms with E-state index in [-0.39, 0.29) is 12.2 Å². The molecule has 140 valence electrons. The standard InChI is InChI=1S/C21H14Br2N2O2S/c1-4-5-27-19-14(22)8-13(9-15(19)23)10-18-20(26)25-17-7-12(3)11(2)6-16(17)24-21(25)28-18/h1,6-10H,5H2,2-3H3/b18-10-. The molecular weight excluding hydrogens is 504 g/mol. The van der Waals surface area contributed by atoms with Gasteiger partial charge in [0.15, 0.2) is 4.96 Å². The average molecular weight is 518 g/mol. The minimum Gasteiger partial charge on any atom is -0.479 e. The summed E-state index contributed by atoms with van der Waals surface area (Å²) in [6.45, 7) is 4.27. The first-order chi connectivity index (χ1) is 13.4. The molecule has 0 radical (unpaired) electrons. The summed E-state index contributed by atoms with van der Waals surface area (Å²) in [7, 11) is 0. The molecule has 28 heavy (non-hydrogen) atoms. The fraction of sp³-hybridized carbons (Fsp3) is 0.143. The Labute approximate surface area is 182 Å². The van der Waals surface area contributed by atoms with Crippen molar-refractivity contribution in [3.05, 3.63) is 64.8 Å². The lowest BCUT2D eigenvalue weighted by atomic mass is 10.1. The van der Waals surface area contributed by atoms with E-state index in [0.717, 1.165) is 31.1 Å². The zero-order valence-electron chi connectivity index (χ0n) is 15.0. The van der Waals surface area contributed by atoms with Gasteiger partial charge in [0.25, 0.3) is 5.56 Å². The number of ether oxygens (including phenoxy) is 1. The monoisotopic (exact) mass is 516 g/mol. The van der Waals surface area contributed by atoms with Gasteiger partial charge in [0.05, 0.1) is 24.5 Å². The van der Waals surface area contributed by atoms with Crippen molar-refractivity contribution in [3.63, 3.8) is 0 Å². The van der Waals surface area contributed by atoms with Crippen LogP contribution in [-0.4, -0.2) is 16.0 Å². The van der Waals surface area contributed by atoms with Crippen molar-refractivity contribution in [1.29, 1.82) is 0 Å². The highest BCUT2D eigenvalue weighted by atomic mass is 79.9. The molecule has 2 aromatic carbocycles. The van der Waals surface area contributed by atoms with E-state index in [1.165, 1.54) is 16.9 Å². The fourth-order valence-corrected chi connectivity index (χ4v) is 5.42. The second-order valence-electron chi connectivity index (χ2n) is 6.38. The third kappa shape index (κ3) is 3.26. The van der Waals surface area contributed by atoms with Crippen LogP contribution in [0, 0.1) is 26.2 Å². The van der Waals surface area contributed by atoms with Crippen molar-refractivity contribution in [2.75, 3.05) is 6.61 Å². The minimum absolute atomic E-state index is 0.0642. The molecule has 2 heterocycles. The van der Waals surface area contributed by atoms with Gasteiger partial charge in [0.2, 0.25) is 0 Å². The Morgan fingerprint density at radius 1 is 1.21 bits per heavy atom. The number of thiazole rings is 1. The van der Waals surface area contributed by atoms with Gasteiger partial charge in [-0.05, 0) is 92.7 Å². The summed E-state index contributed by atoms with van der Waals surface area (Å²) in [5.41, 5.74) is 4.80. The highest BCUT2D eigenvalue weighted by Gasteiger charge is 2.13. The molecule has 0 atom stereocenters. The lowest BCUT2D eigenvalue weighted by molar-refractivity contribution is 0.365. The zero-order valence-corrected chi connectivity index (χ0v) is 19.0. The van der Waals surface area contributed by atoms with Crippen LogP contribution in [-0.2, 0) is 0 Å². The lowest BCUT2D eigenvalue weighted by Gasteiger charge is -2.08. The zero-order chi connectivity index (χ0) is 20.0. The van der Waals surface area contributed by atoms with Crippen molar-refractivity contribution in [3.8, 4) is 18.1 Å². The molecule has 4 rings (SSSR count). The van der Waals surface area contributed by atoms with Crippen LogP contribution in [0.5, 0.6) is 5.75 Å². The van der Waals surface area contributed by atoms with Gasteiger partial charge in [-0.2, -0.15) is 0 Å². The molecule has 0 amide bonds. The second-order valence-corrected chi connectivity index (χ2v) is 9.10. The predicted molar refractivity (Wildman–Crippen MR) is 121 cm³/mol. The minimum atomic E-state index is -0.0642. The summed E-state index contributed by atoms with van der Waals surface area (Å²) in [6, 6.07) is 7.83. The Kier molecular flexibility index (Phi) is 5.04. The summed E-state index contributed by atoms with van der Waals surface area (Å²) >= 11 is 8.38. The highest BCUT2D eigenvalue weighted by Crippen LogP contribution is 2.35. The molecule has 0 fully saturated rings. The normalized spacial score (nSPS) is 12.0. The Morgan fingerprint density at radius 2 is 1.89 bits per heavy atom. The molecule has 0 bridgehead atoms. The maximum Gasteiger partial charge on any atom is 0.274 e.